The van der Waals surface area contributed by atoms with Crippen LogP contribution in [0.2, 0.25) is 0 Å². The van der Waals surface area contributed by atoms with Gasteiger partial charge in [-0.15, -0.1) is 0 Å². The third kappa shape index (κ3) is 3.83. The van der Waals surface area contributed by atoms with Gasteiger partial charge in [-0.3, -0.25) is 4.79 Å². The second kappa shape index (κ2) is 6.40. The maximum absolute atomic E-state index is 12.3. The highest BCUT2D eigenvalue weighted by atomic mass is 16.2. The first kappa shape index (κ1) is 15.0. The van der Waals surface area contributed by atoms with Crippen molar-refractivity contribution in [1.82, 2.24) is 5.32 Å². The molecule has 1 aliphatic rings. The lowest BCUT2D eigenvalue weighted by Crippen LogP contribution is -2.44. The van der Waals surface area contributed by atoms with E-state index in [1.807, 2.05) is 31.2 Å². The van der Waals surface area contributed by atoms with Crippen molar-refractivity contribution in [3.63, 3.8) is 0 Å². The molecule has 110 valence electrons. The molecule has 2 rings (SSSR count). The Morgan fingerprint density at radius 2 is 1.70 bits per heavy atom. The van der Waals surface area contributed by atoms with Crippen LogP contribution >= 0.6 is 0 Å². The summed E-state index contributed by atoms with van der Waals surface area (Å²) in [6.45, 7) is 6.55. The Kier molecular flexibility index (Phi) is 4.81. The van der Waals surface area contributed by atoms with Crippen LogP contribution in [0.5, 0.6) is 0 Å². The zero-order valence-corrected chi connectivity index (χ0v) is 12.7. The number of amides is 1. The number of rotatable bonds is 3. The number of hydrogen-bond acceptors (Lipinski definition) is 2. The van der Waals surface area contributed by atoms with Gasteiger partial charge in [0.2, 0.25) is 5.91 Å². The van der Waals surface area contributed by atoms with Gasteiger partial charge in [0.05, 0.1) is 0 Å². The minimum atomic E-state index is -0.567. The molecule has 1 fully saturated rings. The van der Waals surface area contributed by atoms with Crippen molar-refractivity contribution in [2.75, 3.05) is 0 Å². The molecule has 3 nitrogen and oxygen atoms in total. The number of aryl methyl sites for hydroxylation is 1. The van der Waals surface area contributed by atoms with Crippen LogP contribution in [0.1, 0.15) is 50.3 Å². The van der Waals surface area contributed by atoms with Crippen LogP contribution in [0, 0.1) is 18.8 Å². The largest absolute Gasteiger partial charge is 0.352 e. The van der Waals surface area contributed by atoms with Crippen LogP contribution in [0.25, 0.3) is 0 Å². The van der Waals surface area contributed by atoms with Crippen LogP contribution in [0.3, 0.4) is 0 Å². The van der Waals surface area contributed by atoms with Crippen molar-refractivity contribution in [3.05, 3.63) is 35.4 Å². The maximum Gasteiger partial charge on any atom is 0.241 e. The Morgan fingerprint density at radius 1 is 1.15 bits per heavy atom. The van der Waals surface area contributed by atoms with E-state index in [-0.39, 0.29) is 11.9 Å². The molecule has 3 atom stereocenters. The Balaban J connectivity index is 1.95. The van der Waals surface area contributed by atoms with Gasteiger partial charge in [0.15, 0.2) is 0 Å². The van der Waals surface area contributed by atoms with Gasteiger partial charge in [0, 0.05) is 6.04 Å². The second-order valence-electron chi connectivity index (χ2n) is 6.51. The Labute approximate surface area is 121 Å². The molecule has 0 aliphatic heterocycles. The Hall–Kier alpha value is -1.35. The molecule has 1 saturated carbocycles. The predicted octanol–water partition coefficient (Wildman–Crippen LogP) is 2.94. The highest BCUT2D eigenvalue weighted by Gasteiger charge is 2.26. The number of nitrogens with one attached hydrogen (secondary N) is 1. The molecule has 3 heteroatoms. The van der Waals surface area contributed by atoms with Gasteiger partial charge in [0.1, 0.15) is 6.04 Å². The van der Waals surface area contributed by atoms with Crippen LogP contribution in [0.15, 0.2) is 24.3 Å². The number of carbonyl (C=O) groups excluding carboxylic acids is 1. The van der Waals surface area contributed by atoms with E-state index in [2.05, 4.69) is 19.2 Å². The molecule has 3 N–H and O–H groups in total. The molecule has 0 heterocycles. The summed E-state index contributed by atoms with van der Waals surface area (Å²) in [4.78, 5) is 12.3. The summed E-state index contributed by atoms with van der Waals surface area (Å²) in [5, 5.41) is 3.13. The van der Waals surface area contributed by atoms with Crippen LogP contribution in [-0.2, 0) is 4.79 Å². The molecule has 20 heavy (non-hydrogen) atoms. The third-order valence-corrected chi connectivity index (χ3v) is 4.24. The first-order chi connectivity index (χ1) is 9.45. The summed E-state index contributed by atoms with van der Waals surface area (Å²) >= 11 is 0. The van der Waals surface area contributed by atoms with E-state index in [1.165, 1.54) is 12.0 Å². The molecule has 3 unspecified atom stereocenters. The van der Waals surface area contributed by atoms with E-state index in [0.717, 1.165) is 18.4 Å². The fraction of sp³-hybridized carbons (Fsp3) is 0.588. The van der Waals surface area contributed by atoms with E-state index < -0.39 is 6.04 Å². The number of carbonyl (C=O) groups is 1. The predicted molar refractivity (Wildman–Crippen MR) is 82.2 cm³/mol. The monoisotopic (exact) mass is 274 g/mol. The van der Waals surface area contributed by atoms with E-state index in [9.17, 15) is 4.79 Å². The lowest BCUT2D eigenvalue weighted by molar-refractivity contribution is -0.123. The van der Waals surface area contributed by atoms with E-state index in [1.54, 1.807) is 0 Å². The molecule has 1 aromatic carbocycles. The second-order valence-corrected chi connectivity index (χ2v) is 6.51. The number of nitrogens with two attached hydrogens (primary N) is 1. The van der Waals surface area contributed by atoms with Gasteiger partial charge in [-0.05, 0) is 43.6 Å². The molecule has 1 aromatic rings. The van der Waals surface area contributed by atoms with Gasteiger partial charge >= 0.3 is 0 Å². The Bertz CT molecular complexity index is 445. The fourth-order valence-electron chi connectivity index (χ4n) is 3.28. The summed E-state index contributed by atoms with van der Waals surface area (Å²) in [5.74, 6) is 1.31. The van der Waals surface area contributed by atoms with Gasteiger partial charge in [-0.1, -0.05) is 43.7 Å². The molecule has 0 bridgehead atoms. The summed E-state index contributed by atoms with van der Waals surface area (Å²) in [6.07, 6.45) is 3.39. The number of hydrogen-bond donors (Lipinski definition) is 2. The van der Waals surface area contributed by atoms with Crippen molar-refractivity contribution in [2.45, 2.75) is 52.1 Å². The third-order valence-electron chi connectivity index (χ3n) is 4.24. The highest BCUT2D eigenvalue weighted by Crippen LogP contribution is 2.28. The molecule has 0 saturated heterocycles. The van der Waals surface area contributed by atoms with Crippen molar-refractivity contribution < 1.29 is 4.79 Å². The van der Waals surface area contributed by atoms with E-state index in [4.69, 9.17) is 5.73 Å². The SMILES string of the molecule is Cc1ccc(C(N)C(=O)NC2CC(C)CC(C)C2)cc1. The average molecular weight is 274 g/mol. The lowest BCUT2D eigenvalue weighted by atomic mass is 9.80. The quantitative estimate of drug-likeness (QED) is 0.890. The molecule has 1 amide bonds. The molecule has 0 aromatic heterocycles. The van der Waals surface area contributed by atoms with Crippen molar-refractivity contribution in [1.29, 1.82) is 0 Å². The maximum atomic E-state index is 12.3. The van der Waals surface area contributed by atoms with Crippen molar-refractivity contribution >= 4 is 5.91 Å². The fourth-order valence-corrected chi connectivity index (χ4v) is 3.28. The zero-order valence-electron chi connectivity index (χ0n) is 12.7. The highest BCUT2D eigenvalue weighted by molar-refractivity contribution is 5.83. The van der Waals surface area contributed by atoms with Crippen molar-refractivity contribution in [2.24, 2.45) is 17.6 Å². The molecule has 1 aliphatic carbocycles. The first-order valence-electron chi connectivity index (χ1n) is 7.58. The first-order valence-corrected chi connectivity index (χ1v) is 7.58. The minimum Gasteiger partial charge on any atom is -0.352 e. The van der Waals surface area contributed by atoms with Gasteiger partial charge < -0.3 is 11.1 Å². The van der Waals surface area contributed by atoms with Crippen LogP contribution < -0.4 is 11.1 Å². The van der Waals surface area contributed by atoms with Gasteiger partial charge in [-0.2, -0.15) is 0 Å². The topological polar surface area (TPSA) is 55.1 Å². The normalized spacial score (nSPS) is 27.9. The molecule has 0 radical (unpaired) electrons. The Morgan fingerprint density at radius 3 is 2.25 bits per heavy atom. The minimum absolute atomic E-state index is 0.0554. The summed E-state index contributed by atoms with van der Waals surface area (Å²) in [6, 6.07) is 7.57. The van der Waals surface area contributed by atoms with Crippen LogP contribution in [0.4, 0.5) is 0 Å². The molecule has 0 spiro atoms. The van der Waals surface area contributed by atoms with E-state index >= 15 is 0 Å². The zero-order chi connectivity index (χ0) is 14.7. The molecular formula is C17H26N2O. The van der Waals surface area contributed by atoms with Crippen molar-refractivity contribution in [3.8, 4) is 0 Å². The molecular weight excluding hydrogens is 248 g/mol. The number of benzene rings is 1. The summed E-state index contributed by atoms with van der Waals surface area (Å²) in [7, 11) is 0. The van der Waals surface area contributed by atoms with Crippen LogP contribution in [-0.4, -0.2) is 11.9 Å². The standard InChI is InChI=1S/C17H26N2O/c1-11-4-6-14(7-5-11)16(18)17(20)19-15-9-12(2)8-13(3)10-15/h4-7,12-13,15-16H,8-10,18H2,1-3H3,(H,19,20). The summed E-state index contributed by atoms with van der Waals surface area (Å²) in [5.41, 5.74) is 8.12. The summed E-state index contributed by atoms with van der Waals surface area (Å²) < 4.78 is 0. The van der Waals surface area contributed by atoms with Gasteiger partial charge in [0.25, 0.3) is 0 Å². The average Bonchev–Trinajstić information content (AvgIpc) is 2.37. The van der Waals surface area contributed by atoms with E-state index in [0.29, 0.717) is 11.8 Å². The van der Waals surface area contributed by atoms with Gasteiger partial charge in [-0.25, -0.2) is 0 Å². The smallest absolute Gasteiger partial charge is 0.241 e. The lowest BCUT2D eigenvalue weighted by Gasteiger charge is -2.32.